The van der Waals surface area contributed by atoms with E-state index in [0.717, 1.165) is 77.9 Å². The van der Waals surface area contributed by atoms with Crippen LogP contribution < -0.4 is 5.46 Å². The molecular weight excluding hydrogens is 916 g/mol. The monoisotopic (exact) mass is 966 g/mol. The Morgan fingerprint density at radius 2 is 0.707 bits per heavy atom. The minimum absolute atomic E-state index is 0.354. The summed E-state index contributed by atoms with van der Waals surface area (Å²) in [5.74, 6) is 0.698. The van der Waals surface area contributed by atoms with Crippen LogP contribution in [0.2, 0.25) is 0 Å². The van der Waals surface area contributed by atoms with Crippen molar-refractivity contribution in [2.24, 2.45) is 0 Å². The zero-order valence-corrected chi connectivity index (χ0v) is 42.2. The van der Waals surface area contributed by atoms with Gasteiger partial charge >= 0.3 is 7.12 Å². The molecule has 7 heteroatoms. The summed E-state index contributed by atoms with van der Waals surface area (Å²) in [5.41, 5.74) is 11.3. The van der Waals surface area contributed by atoms with Crippen molar-refractivity contribution in [3.05, 3.63) is 237 Å². The summed E-state index contributed by atoms with van der Waals surface area (Å²) < 4.78 is 12.5. The third kappa shape index (κ3) is 8.37. The Labute approximate surface area is 436 Å². The molecule has 14 rings (SSSR count). The van der Waals surface area contributed by atoms with Crippen molar-refractivity contribution >= 4 is 77.5 Å². The lowest BCUT2D eigenvalue weighted by Gasteiger charge is -2.32. The highest BCUT2D eigenvalue weighted by atomic mass is 16.7. The fraction of sp³-hybridized carbons (Fsp3) is 0.0882. The van der Waals surface area contributed by atoms with E-state index in [9.17, 15) is 0 Å². The van der Waals surface area contributed by atoms with E-state index in [1.807, 2.05) is 36.4 Å². The molecule has 0 saturated carbocycles. The van der Waals surface area contributed by atoms with Crippen LogP contribution in [0, 0.1) is 0 Å². The number of pyridine rings is 2. The number of para-hydroxylation sites is 2. The van der Waals surface area contributed by atoms with E-state index in [4.69, 9.17) is 29.2 Å². The predicted molar refractivity (Wildman–Crippen MR) is 312 cm³/mol. The largest absolute Gasteiger partial charge is 0.494 e. The van der Waals surface area contributed by atoms with Crippen LogP contribution in [0.1, 0.15) is 27.7 Å². The van der Waals surface area contributed by atoms with Crippen LogP contribution in [-0.2, 0) is 9.31 Å². The van der Waals surface area contributed by atoms with Gasteiger partial charge < -0.3 is 9.31 Å². The van der Waals surface area contributed by atoms with Crippen LogP contribution in [0.5, 0.6) is 0 Å². The van der Waals surface area contributed by atoms with Gasteiger partial charge in [-0.1, -0.05) is 218 Å². The van der Waals surface area contributed by atoms with Gasteiger partial charge in [0.05, 0.1) is 45.0 Å². The Morgan fingerprint density at radius 1 is 0.320 bits per heavy atom. The van der Waals surface area contributed by atoms with Gasteiger partial charge in [0.15, 0.2) is 5.82 Å². The van der Waals surface area contributed by atoms with E-state index < -0.39 is 0 Å². The van der Waals surface area contributed by atoms with Gasteiger partial charge in [-0.05, 0) is 72.9 Å². The maximum atomic E-state index is 6.23. The highest BCUT2D eigenvalue weighted by Crippen LogP contribution is 2.40. The maximum Gasteiger partial charge on any atom is 0.494 e. The van der Waals surface area contributed by atoms with Gasteiger partial charge in [-0.15, -0.1) is 0 Å². The lowest BCUT2D eigenvalue weighted by Crippen LogP contribution is -2.41. The number of aromatic nitrogens is 4. The molecule has 0 N–H and O–H groups in total. The van der Waals surface area contributed by atoms with Crippen molar-refractivity contribution in [3.63, 3.8) is 0 Å². The molecule has 1 aliphatic heterocycles. The number of benzene rings is 10. The summed E-state index contributed by atoms with van der Waals surface area (Å²) in [6.45, 7) is 8.32. The first-order chi connectivity index (χ1) is 36.7. The lowest BCUT2D eigenvalue weighted by atomic mass is 9.78. The van der Waals surface area contributed by atoms with Crippen molar-refractivity contribution in [2.45, 2.75) is 38.9 Å². The molecule has 1 saturated heterocycles. The molecule has 0 amide bonds. The third-order valence-electron chi connectivity index (χ3n) is 15.2. The summed E-state index contributed by atoms with van der Waals surface area (Å²) in [4.78, 5) is 20.3. The van der Waals surface area contributed by atoms with Crippen LogP contribution in [0.25, 0.3) is 121 Å². The molecule has 4 heterocycles. The fourth-order valence-electron chi connectivity index (χ4n) is 10.5. The van der Waals surface area contributed by atoms with Crippen molar-refractivity contribution in [3.8, 4) is 56.4 Å². The van der Waals surface area contributed by atoms with E-state index in [2.05, 4.69) is 228 Å². The van der Waals surface area contributed by atoms with Gasteiger partial charge in [0.2, 0.25) is 0 Å². The van der Waals surface area contributed by atoms with Crippen molar-refractivity contribution in [1.82, 2.24) is 19.9 Å². The van der Waals surface area contributed by atoms with Gasteiger partial charge in [-0.3, -0.25) is 0 Å². The van der Waals surface area contributed by atoms with E-state index >= 15 is 0 Å². The van der Waals surface area contributed by atoms with Crippen molar-refractivity contribution in [2.75, 3.05) is 0 Å². The second-order valence-corrected chi connectivity index (χ2v) is 20.4. The van der Waals surface area contributed by atoms with Gasteiger partial charge in [0, 0.05) is 60.1 Å². The first-order valence-electron chi connectivity index (χ1n) is 25.6. The van der Waals surface area contributed by atoms with Gasteiger partial charge in [-0.25, -0.2) is 19.9 Å². The Balaban J connectivity index is 0.000000148. The molecule has 75 heavy (non-hydrogen) atoms. The number of rotatable bonds is 6. The average molecular weight is 967 g/mol. The molecule has 0 aliphatic carbocycles. The molecule has 358 valence electrons. The van der Waals surface area contributed by atoms with Crippen LogP contribution in [-0.4, -0.2) is 38.3 Å². The molecule has 1 fully saturated rings. The quantitative estimate of drug-likeness (QED) is 0.122. The standard InChI is InChI=1S/C39H25N3.C29H26BNO2/c1-3-12-27(13-4-1)35-25-36(28-14-5-2-6-15-28)42-39(41-35)30-21-19-29(20-22-30)38-33-24-23-26-11-7-8-16-31(26)37(33)32-17-9-10-18-34(32)40-38;1-28(2)29(3,4)33-30(32-28)21-16-13-20(14-17-21)27-24-18-15-19-9-5-6-10-22(19)26(24)23-11-7-8-12-25(23)31-27/h1-25H;5-18H,1-4H3. The molecule has 13 aromatic rings. The third-order valence-corrected chi connectivity index (χ3v) is 15.2. The molecule has 0 atom stereocenters. The van der Waals surface area contributed by atoms with Gasteiger partial charge in [0.1, 0.15) is 0 Å². The molecule has 6 nitrogen and oxygen atoms in total. The first kappa shape index (κ1) is 45.9. The molecule has 3 aromatic heterocycles. The molecule has 0 bridgehead atoms. The zero-order chi connectivity index (χ0) is 50.7. The summed E-state index contributed by atoms with van der Waals surface area (Å²) in [6.07, 6.45) is 0. The minimum Gasteiger partial charge on any atom is -0.399 e. The second kappa shape index (κ2) is 18.6. The SMILES string of the molecule is CC1(C)OB(c2ccc(-c3nc4ccccc4c4c3ccc3ccccc34)cc2)OC1(C)C.c1ccc(-c2cc(-c3ccccc3)nc(-c3ccc(-c4nc5ccccc5c5c4ccc4ccccc45)cc3)n2)cc1. The molecule has 10 aromatic carbocycles. The minimum atomic E-state index is -0.366. The normalized spacial score (nSPS) is 13.9. The highest BCUT2D eigenvalue weighted by Gasteiger charge is 2.51. The van der Waals surface area contributed by atoms with E-state index in [1.165, 1.54) is 43.1 Å². The highest BCUT2D eigenvalue weighted by molar-refractivity contribution is 6.62. The number of nitrogens with zero attached hydrogens (tertiary/aromatic N) is 4. The van der Waals surface area contributed by atoms with E-state index in [-0.39, 0.29) is 18.3 Å². The summed E-state index contributed by atoms with van der Waals surface area (Å²) in [7, 11) is -0.366. The Morgan fingerprint density at radius 3 is 1.17 bits per heavy atom. The molecule has 0 unspecified atom stereocenters. The fourth-order valence-corrected chi connectivity index (χ4v) is 10.5. The van der Waals surface area contributed by atoms with Crippen LogP contribution in [0.15, 0.2) is 237 Å². The molecule has 0 spiro atoms. The smallest absolute Gasteiger partial charge is 0.399 e. The van der Waals surface area contributed by atoms with Crippen LogP contribution in [0.4, 0.5) is 0 Å². The summed E-state index contributed by atoms with van der Waals surface area (Å²) >= 11 is 0. The Kier molecular flexibility index (Phi) is 11.4. The van der Waals surface area contributed by atoms with Gasteiger partial charge in [0.25, 0.3) is 0 Å². The Hall–Kier alpha value is -8.88. The number of hydrogen-bond donors (Lipinski definition) is 0. The maximum absolute atomic E-state index is 6.23. The summed E-state index contributed by atoms with van der Waals surface area (Å²) in [5, 5.41) is 12.1. The lowest BCUT2D eigenvalue weighted by molar-refractivity contribution is 0.00578. The molecular formula is C68H51BN4O2. The Bertz CT molecular complexity index is 4190. The number of hydrogen-bond acceptors (Lipinski definition) is 6. The molecule has 0 radical (unpaired) electrons. The second-order valence-electron chi connectivity index (χ2n) is 20.4. The number of fused-ring (bicyclic) bond motifs is 10. The zero-order valence-electron chi connectivity index (χ0n) is 42.2. The van der Waals surface area contributed by atoms with E-state index in [0.29, 0.717) is 5.82 Å². The van der Waals surface area contributed by atoms with Crippen LogP contribution in [0.3, 0.4) is 0 Å². The average Bonchev–Trinajstić information content (AvgIpc) is 3.72. The van der Waals surface area contributed by atoms with Gasteiger partial charge in [-0.2, -0.15) is 0 Å². The van der Waals surface area contributed by atoms with Crippen LogP contribution >= 0.6 is 0 Å². The molecule has 1 aliphatic rings. The van der Waals surface area contributed by atoms with Crippen molar-refractivity contribution in [1.29, 1.82) is 0 Å². The predicted octanol–water partition coefficient (Wildman–Crippen LogP) is 16.5. The topological polar surface area (TPSA) is 70.0 Å². The van der Waals surface area contributed by atoms with E-state index in [1.54, 1.807) is 0 Å². The van der Waals surface area contributed by atoms with Crippen molar-refractivity contribution < 1.29 is 9.31 Å². The summed E-state index contributed by atoms with van der Waals surface area (Å²) in [6, 6.07) is 82.4. The first-order valence-corrected chi connectivity index (χ1v) is 25.6.